The van der Waals surface area contributed by atoms with Crippen molar-refractivity contribution >= 4 is 10.9 Å². The highest BCUT2D eigenvalue weighted by Crippen LogP contribution is 2.05. The Morgan fingerprint density at radius 2 is 2.10 bits per heavy atom. The molecule has 6 nitrogen and oxygen atoms in total. The molecular weight excluding hydrogens is 268 g/mol. The van der Waals surface area contributed by atoms with Crippen LogP contribution in [0.5, 0.6) is 0 Å². The first-order chi connectivity index (χ1) is 10.1. The molecule has 1 aromatic carbocycles. The Kier molecular flexibility index (Phi) is 3.53. The molecule has 0 aliphatic heterocycles. The third kappa shape index (κ3) is 3.00. The zero-order valence-corrected chi connectivity index (χ0v) is 12.0. The molecule has 2 aromatic heterocycles. The van der Waals surface area contributed by atoms with Gasteiger partial charge in [-0.1, -0.05) is 17.3 Å². The van der Waals surface area contributed by atoms with Gasteiger partial charge in [0.2, 0.25) is 0 Å². The summed E-state index contributed by atoms with van der Waals surface area (Å²) in [4.78, 5) is 20.5. The van der Waals surface area contributed by atoms with Gasteiger partial charge in [-0.05, 0) is 19.1 Å². The van der Waals surface area contributed by atoms with Crippen molar-refractivity contribution in [2.75, 3.05) is 7.05 Å². The number of quaternary nitrogens is 1. The number of benzene rings is 1. The molecule has 0 spiro atoms. The van der Waals surface area contributed by atoms with Crippen LogP contribution in [0.25, 0.3) is 10.9 Å². The normalized spacial score (nSPS) is 12.7. The number of aromatic nitrogens is 3. The van der Waals surface area contributed by atoms with Gasteiger partial charge in [-0.2, -0.15) is 0 Å². The maximum atomic E-state index is 12.0. The number of nitrogens with one attached hydrogen (secondary N) is 2. The highest BCUT2D eigenvalue weighted by molar-refractivity contribution is 5.77. The molecule has 0 amide bonds. The lowest BCUT2D eigenvalue weighted by molar-refractivity contribution is -0.908. The number of rotatable bonds is 4. The van der Waals surface area contributed by atoms with E-state index in [9.17, 15) is 4.79 Å². The average molecular weight is 285 g/mol. The van der Waals surface area contributed by atoms with Gasteiger partial charge in [0.1, 0.15) is 24.5 Å². The quantitative estimate of drug-likeness (QED) is 0.729. The SMILES string of the molecule is Cc1cc(C[NH+](C)Cc2nc3ccccc3c(=O)[nH]2)no1. The molecule has 108 valence electrons. The van der Waals surface area contributed by atoms with E-state index in [2.05, 4.69) is 15.1 Å². The minimum Gasteiger partial charge on any atom is -0.361 e. The zero-order chi connectivity index (χ0) is 14.8. The molecule has 2 heterocycles. The topological polar surface area (TPSA) is 76.2 Å². The Morgan fingerprint density at radius 3 is 2.86 bits per heavy atom. The molecule has 0 fully saturated rings. The number of para-hydroxylation sites is 1. The lowest BCUT2D eigenvalue weighted by Gasteiger charge is -2.11. The predicted octanol–water partition coefficient (Wildman–Crippen LogP) is 0.434. The summed E-state index contributed by atoms with van der Waals surface area (Å²) in [7, 11) is 2.03. The van der Waals surface area contributed by atoms with Crippen LogP contribution in [-0.4, -0.2) is 22.2 Å². The van der Waals surface area contributed by atoms with E-state index in [4.69, 9.17) is 4.52 Å². The fourth-order valence-corrected chi connectivity index (χ4v) is 2.38. The van der Waals surface area contributed by atoms with Crippen molar-refractivity contribution in [1.82, 2.24) is 15.1 Å². The van der Waals surface area contributed by atoms with Crippen molar-refractivity contribution in [2.45, 2.75) is 20.0 Å². The Hall–Kier alpha value is -2.47. The Labute approximate surface area is 121 Å². The molecule has 1 atom stereocenters. The molecule has 2 N–H and O–H groups in total. The van der Waals surface area contributed by atoms with Crippen LogP contribution in [0.2, 0.25) is 0 Å². The molecule has 1 unspecified atom stereocenters. The van der Waals surface area contributed by atoms with Crippen LogP contribution < -0.4 is 10.5 Å². The van der Waals surface area contributed by atoms with Crippen molar-refractivity contribution in [3.63, 3.8) is 0 Å². The van der Waals surface area contributed by atoms with Crippen LogP contribution in [0, 0.1) is 6.92 Å². The molecule has 0 bridgehead atoms. The largest absolute Gasteiger partial charge is 0.361 e. The van der Waals surface area contributed by atoms with E-state index < -0.39 is 0 Å². The Morgan fingerprint density at radius 1 is 1.29 bits per heavy atom. The minimum absolute atomic E-state index is 0.0966. The van der Waals surface area contributed by atoms with Gasteiger partial charge in [0.05, 0.1) is 18.0 Å². The summed E-state index contributed by atoms with van der Waals surface area (Å²) in [6.45, 7) is 3.20. The second-order valence-electron chi connectivity index (χ2n) is 5.27. The molecule has 3 rings (SSSR count). The summed E-state index contributed by atoms with van der Waals surface area (Å²) < 4.78 is 5.06. The van der Waals surface area contributed by atoms with Crippen molar-refractivity contribution < 1.29 is 9.42 Å². The number of hydrogen-bond donors (Lipinski definition) is 2. The van der Waals surface area contributed by atoms with E-state index >= 15 is 0 Å². The third-order valence-electron chi connectivity index (χ3n) is 3.29. The van der Waals surface area contributed by atoms with Gasteiger partial charge in [0.15, 0.2) is 5.82 Å². The van der Waals surface area contributed by atoms with Crippen LogP contribution in [0.1, 0.15) is 17.3 Å². The van der Waals surface area contributed by atoms with Gasteiger partial charge in [-0.3, -0.25) is 4.79 Å². The van der Waals surface area contributed by atoms with E-state index in [-0.39, 0.29) is 5.56 Å². The Bertz CT molecular complexity index is 822. The average Bonchev–Trinajstić information content (AvgIpc) is 2.84. The first-order valence-corrected chi connectivity index (χ1v) is 6.83. The summed E-state index contributed by atoms with van der Waals surface area (Å²) in [6.07, 6.45) is 0. The molecule has 0 aliphatic carbocycles. The fourth-order valence-electron chi connectivity index (χ4n) is 2.38. The van der Waals surface area contributed by atoms with Gasteiger partial charge in [-0.15, -0.1) is 0 Å². The van der Waals surface area contributed by atoms with E-state index in [1.807, 2.05) is 38.2 Å². The van der Waals surface area contributed by atoms with Crippen molar-refractivity contribution in [3.05, 3.63) is 58.0 Å². The lowest BCUT2D eigenvalue weighted by atomic mass is 10.2. The molecular formula is C15H17N4O2+. The number of hydrogen-bond acceptors (Lipinski definition) is 4. The summed E-state index contributed by atoms with van der Waals surface area (Å²) in [5.74, 6) is 1.48. The standard InChI is InChI=1S/C15H16N4O2/c1-10-7-11(18-21-10)8-19(2)9-14-16-13-6-4-3-5-12(13)15(20)17-14/h3-7H,8-9H2,1-2H3,(H,16,17,20)/p+1. The van der Waals surface area contributed by atoms with E-state index in [0.717, 1.165) is 17.0 Å². The van der Waals surface area contributed by atoms with Gasteiger partial charge in [0, 0.05) is 6.07 Å². The number of aromatic amines is 1. The van der Waals surface area contributed by atoms with Gasteiger partial charge in [0.25, 0.3) is 5.56 Å². The van der Waals surface area contributed by atoms with Crippen molar-refractivity contribution in [1.29, 1.82) is 0 Å². The maximum absolute atomic E-state index is 12.0. The third-order valence-corrected chi connectivity index (χ3v) is 3.29. The lowest BCUT2D eigenvalue weighted by Crippen LogP contribution is -3.06. The molecule has 6 heteroatoms. The van der Waals surface area contributed by atoms with Gasteiger partial charge >= 0.3 is 0 Å². The highest BCUT2D eigenvalue weighted by atomic mass is 16.5. The van der Waals surface area contributed by atoms with Crippen LogP contribution in [0.3, 0.4) is 0 Å². The minimum atomic E-state index is -0.0966. The van der Waals surface area contributed by atoms with Crippen LogP contribution in [0.4, 0.5) is 0 Å². The molecule has 0 aliphatic rings. The summed E-state index contributed by atoms with van der Waals surface area (Å²) in [5, 5.41) is 4.59. The smallest absolute Gasteiger partial charge is 0.258 e. The molecule has 21 heavy (non-hydrogen) atoms. The predicted molar refractivity (Wildman–Crippen MR) is 77.9 cm³/mol. The number of nitrogens with zero attached hydrogens (tertiary/aromatic N) is 2. The molecule has 0 saturated carbocycles. The second-order valence-corrected chi connectivity index (χ2v) is 5.27. The first-order valence-electron chi connectivity index (χ1n) is 6.83. The van der Waals surface area contributed by atoms with E-state index in [0.29, 0.717) is 24.3 Å². The van der Waals surface area contributed by atoms with Crippen LogP contribution >= 0.6 is 0 Å². The molecule has 3 aromatic rings. The molecule has 0 saturated heterocycles. The van der Waals surface area contributed by atoms with Gasteiger partial charge in [-0.25, -0.2) is 4.98 Å². The fraction of sp³-hybridized carbons (Fsp3) is 0.267. The van der Waals surface area contributed by atoms with Gasteiger partial charge < -0.3 is 14.4 Å². The van der Waals surface area contributed by atoms with Crippen molar-refractivity contribution in [3.8, 4) is 0 Å². The Balaban J connectivity index is 1.79. The maximum Gasteiger partial charge on any atom is 0.258 e. The van der Waals surface area contributed by atoms with Crippen LogP contribution in [-0.2, 0) is 13.1 Å². The summed E-state index contributed by atoms with van der Waals surface area (Å²) in [6, 6.07) is 9.26. The van der Waals surface area contributed by atoms with Crippen molar-refractivity contribution in [2.24, 2.45) is 0 Å². The van der Waals surface area contributed by atoms with E-state index in [1.165, 1.54) is 4.90 Å². The van der Waals surface area contributed by atoms with Crippen LogP contribution in [0.15, 0.2) is 39.6 Å². The number of H-pyrrole nitrogens is 1. The van der Waals surface area contributed by atoms with E-state index in [1.54, 1.807) is 6.07 Å². The summed E-state index contributed by atoms with van der Waals surface area (Å²) in [5.41, 5.74) is 1.52. The number of aryl methyl sites for hydroxylation is 1. The highest BCUT2D eigenvalue weighted by Gasteiger charge is 2.11. The monoisotopic (exact) mass is 285 g/mol. The second kappa shape index (κ2) is 5.49. The number of fused-ring (bicyclic) bond motifs is 1. The zero-order valence-electron chi connectivity index (χ0n) is 12.0. The summed E-state index contributed by atoms with van der Waals surface area (Å²) >= 11 is 0. The first kappa shape index (κ1) is 13.5. The molecule has 0 radical (unpaired) electrons.